The molecule has 4 nitrogen and oxygen atoms in total. The van der Waals surface area contributed by atoms with Crippen molar-refractivity contribution in [2.24, 2.45) is 11.8 Å². The lowest BCUT2D eigenvalue weighted by molar-refractivity contribution is -0.134. The first kappa shape index (κ1) is 11.1. The Morgan fingerprint density at radius 1 is 1.38 bits per heavy atom. The van der Waals surface area contributed by atoms with Gasteiger partial charge in [-0.05, 0) is 18.4 Å². The van der Waals surface area contributed by atoms with Crippen LogP contribution in [-0.4, -0.2) is 12.0 Å². The molecule has 0 heterocycles. The number of carbonyl (C=O) groups excluding carboxylic acids is 1. The number of carbonyl (C=O) groups is 1. The highest BCUT2D eigenvalue weighted by Gasteiger charge is 2.34. The minimum atomic E-state index is -0.0837. The van der Waals surface area contributed by atoms with Gasteiger partial charge in [0.2, 0.25) is 5.91 Å². The number of hydrazine groups is 1. The molecule has 16 heavy (non-hydrogen) atoms. The third kappa shape index (κ3) is 2.59. The van der Waals surface area contributed by atoms with Crippen molar-refractivity contribution in [3.63, 3.8) is 0 Å². The summed E-state index contributed by atoms with van der Waals surface area (Å²) in [6, 6.07) is 10.0. The van der Waals surface area contributed by atoms with E-state index in [0.29, 0.717) is 6.61 Å². The van der Waals surface area contributed by atoms with Crippen molar-refractivity contribution in [3.05, 3.63) is 35.9 Å². The SMILES string of the molecule is NNC(=O)C1CC(OCc2ccccc2)C1. The van der Waals surface area contributed by atoms with Crippen LogP contribution < -0.4 is 11.3 Å². The fourth-order valence-corrected chi connectivity index (χ4v) is 1.82. The van der Waals surface area contributed by atoms with E-state index >= 15 is 0 Å². The smallest absolute Gasteiger partial charge is 0.237 e. The number of ether oxygens (including phenoxy) is 1. The lowest BCUT2D eigenvalue weighted by atomic mass is 9.82. The first-order valence-corrected chi connectivity index (χ1v) is 5.45. The predicted octanol–water partition coefficient (Wildman–Crippen LogP) is 0.972. The van der Waals surface area contributed by atoms with Crippen LogP contribution in [0.4, 0.5) is 0 Å². The Morgan fingerprint density at radius 2 is 2.06 bits per heavy atom. The monoisotopic (exact) mass is 220 g/mol. The van der Waals surface area contributed by atoms with Crippen LogP contribution in [0.3, 0.4) is 0 Å². The molecule has 1 amide bonds. The van der Waals surface area contributed by atoms with Crippen LogP contribution in [0.1, 0.15) is 18.4 Å². The number of rotatable bonds is 4. The molecule has 0 saturated heterocycles. The van der Waals surface area contributed by atoms with Crippen LogP contribution in [0.25, 0.3) is 0 Å². The van der Waals surface area contributed by atoms with Crippen LogP contribution in [0.5, 0.6) is 0 Å². The van der Waals surface area contributed by atoms with Gasteiger partial charge >= 0.3 is 0 Å². The second-order valence-electron chi connectivity index (χ2n) is 4.10. The molecule has 2 rings (SSSR count). The Hall–Kier alpha value is -1.39. The van der Waals surface area contributed by atoms with Gasteiger partial charge in [0.1, 0.15) is 0 Å². The van der Waals surface area contributed by atoms with E-state index in [4.69, 9.17) is 10.6 Å². The van der Waals surface area contributed by atoms with Crippen molar-refractivity contribution in [1.82, 2.24) is 5.43 Å². The lowest BCUT2D eigenvalue weighted by Gasteiger charge is -2.33. The number of amides is 1. The van der Waals surface area contributed by atoms with Gasteiger partial charge in [-0.15, -0.1) is 0 Å². The van der Waals surface area contributed by atoms with Crippen molar-refractivity contribution < 1.29 is 9.53 Å². The van der Waals surface area contributed by atoms with Gasteiger partial charge in [-0.3, -0.25) is 10.2 Å². The van der Waals surface area contributed by atoms with E-state index in [2.05, 4.69) is 5.43 Å². The summed E-state index contributed by atoms with van der Waals surface area (Å²) in [7, 11) is 0. The number of benzene rings is 1. The van der Waals surface area contributed by atoms with E-state index in [1.807, 2.05) is 30.3 Å². The zero-order chi connectivity index (χ0) is 11.4. The van der Waals surface area contributed by atoms with Crippen LogP contribution in [0.2, 0.25) is 0 Å². The standard InChI is InChI=1S/C12H16N2O2/c13-14-12(15)10-6-11(7-10)16-8-9-4-2-1-3-5-9/h1-5,10-11H,6-8,13H2,(H,14,15). The number of nitrogens with one attached hydrogen (secondary N) is 1. The van der Waals surface area contributed by atoms with Gasteiger partial charge < -0.3 is 4.74 Å². The maximum Gasteiger partial charge on any atom is 0.237 e. The number of nitrogens with two attached hydrogens (primary N) is 1. The number of hydrogen-bond donors (Lipinski definition) is 2. The van der Waals surface area contributed by atoms with Gasteiger partial charge in [0.15, 0.2) is 0 Å². The molecule has 3 N–H and O–H groups in total. The minimum absolute atomic E-state index is 0.0331. The third-order valence-corrected chi connectivity index (χ3v) is 2.94. The molecule has 0 aliphatic heterocycles. The van der Waals surface area contributed by atoms with E-state index in [1.165, 1.54) is 0 Å². The highest BCUT2D eigenvalue weighted by molar-refractivity contribution is 5.78. The fourth-order valence-electron chi connectivity index (χ4n) is 1.82. The Kier molecular flexibility index (Phi) is 3.54. The maximum atomic E-state index is 11.1. The first-order valence-electron chi connectivity index (χ1n) is 5.45. The Bertz CT molecular complexity index is 347. The van der Waals surface area contributed by atoms with E-state index in [-0.39, 0.29) is 17.9 Å². The van der Waals surface area contributed by atoms with Gasteiger partial charge in [0.05, 0.1) is 12.7 Å². The summed E-state index contributed by atoms with van der Waals surface area (Å²) < 4.78 is 5.67. The molecule has 1 aromatic rings. The topological polar surface area (TPSA) is 64.3 Å². The Morgan fingerprint density at radius 3 is 2.69 bits per heavy atom. The maximum absolute atomic E-state index is 11.1. The van der Waals surface area contributed by atoms with Crippen molar-refractivity contribution in [2.75, 3.05) is 0 Å². The quantitative estimate of drug-likeness (QED) is 0.451. The number of hydrogen-bond acceptors (Lipinski definition) is 3. The van der Waals surface area contributed by atoms with E-state index in [0.717, 1.165) is 18.4 Å². The minimum Gasteiger partial charge on any atom is -0.373 e. The summed E-state index contributed by atoms with van der Waals surface area (Å²) in [5, 5.41) is 0. The van der Waals surface area contributed by atoms with Gasteiger partial charge in [0, 0.05) is 5.92 Å². The van der Waals surface area contributed by atoms with Crippen LogP contribution in [0.15, 0.2) is 30.3 Å². The highest BCUT2D eigenvalue weighted by atomic mass is 16.5. The normalized spacial score (nSPS) is 23.6. The summed E-state index contributed by atoms with van der Waals surface area (Å²) >= 11 is 0. The summed E-state index contributed by atoms with van der Waals surface area (Å²) in [5.41, 5.74) is 3.33. The molecule has 0 radical (unpaired) electrons. The molecule has 0 atom stereocenters. The molecule has 1 fully saturated rings. The molecular formula is C12H16N2O2. The molecule has 0 spiro atoms. The molecule has 1 aliphatic carbocycles. The van der Waals surface area contributed by atoms with Gasteiger partial charge in [-0.1, -0.05) is 30.3 Å². The zero-order valence-electron chi connectivity index (χ0n) is 9.06. The fraction of sp³-hybridized carbons (Fsp3) is 0.417. The van der Waals surface area contributed by atoms with Crippen LogP contribution in [0, 0.1) is 5.92 Å². The summed E-state index contributed by atoms with van der Waals surface area (Å²) in [6.45, 7) is 0.614. The molecule has 4 heteroatoms. The summed E-state index contributed by atoms with van der Waals surface area (Å²) in [4.78, 5) is 11.1. The second-order valence-corrected chi connectivity index (χ2v) is 4.10. The van der Waals surface area contributed by atoms with Gasteiger partial charge in [-0.25, -0.2) is 5.84 Å². The Balaban J connectivity index is 1.69. The summed E-state index contributed by atoms with van der Waals surface area (Å²) in [6.07, 6.45) is 1.74. The van der Waals surface area contributed by atoms with Crippen molar-refractivity contribution in [2.45, 2.75) is 25.6 Å². The first-order chi connectivity index (χ1) is 7.79. The molecule has 1 saturated carbocycles. The molecule has 0 bridgehead atoms. The van der Waals surface area contributed by atoms with Gasteiger partial charge in [-0.2, -0.15) is 0 Å². The highest BCUT2D eigenvalue weighted by Crippen LogP contribution is 2.30. The van der Waals surface area contributed by atoms with E-state index in [9.17, 15) is 4.79 Å². The van der Waals surface area contributed by atoms with Crippen molar-refractivity contribution in [3.8, 4) is 0 Å². The lowest BCUT2D eigenvalue weighted by Crippen LogP contribution is -2.44. The molecule has 86 valence electrons. The average Bonchev–Trinajstić information content (AvgIpc) is 2.28. The van der Waals surface area contributed by atoms with E-state index < -0.39 is 0 Å². The van der Waals surface area contributed by atoms with Gasteiger partial charge in [0.25, 0.3) is 0 Å². The van der Waals surface area contributed by atoms with Crippen LogP contribution in [-0.2, 0) is 16.1 Å². The van der Waals surface area contributed by atoms with Crippen molar-refractivity contribution in [1.29, 1.82) is 0 Å². The molecule has 1 aromatic carbocycles. The third-order valence-electron chi connectivity index (χ3n) is 2.94. The predicted molar refractivity (Wildman–Crippen MR) is 60.1 cm³/mol. The molecule has 0 aromatic heterocycles. The molecule has 0 unspecified atom stereocenters. The molecular weight excluding hydrogens is 204 g/mol. The van der Waals surface area contributed by atoms with E-state index in [1.54, 1.807) is 0 Å². The summed E-state index contributed by atoms with van der Waals surface area (Å²) in [5.74, 6) is 5.00. The molecule has 1 aliphatic rings. The Labute approximate surface area is 94.8 Å². The second kappa shape index (κ2) is 5.09. The zero-order valence-corrected chi connectivity index (χ0v) is 9.06. The van der Waals surface area contributed by atoms with Crippen molar-refractivity contribution >= 4 is 5.91 Å². The largest absolute Gasteiger partial charge is 0.373 e. The van der Waals surface area contributed by atoms with Crippen LogP contribution >= 0.6 is 0 Å². The average molecular weight is 220 g/mol.